The fourth-order valence-electron chi connectivity index (χ4n) is 2.93. The predicted molar refractivity (Wildman–Crippen MR) is 131 cm³/mol. The van der Waals surface area contributed by atoms with E-state index in [2.05, 4.69) is 9.98 Å². The molecular weight excluding hydrogens is 496 g/mol. The third-order valence-corrected chi connectivity index (χ3v) is 4.65. The van der Waals surface area contributed by atoms with Gasteiger partial charge >= 0.3 is 11.4 Å². The minimum Gasteiger partial charge on any atom is -0.497 e. The Balaban J connectivity index is 0.000000271. The topological polar surface area (TPSA) is 279 Å². The largest absolute Gasteiger partial charge is 0.497 e. The summed E-state index contributed by atoms with van der Waals surface area (Å²) in [6, 6.07) is 10.1. The molecule has 0 atom stereocenters. The molecule has 0 bridgehead atoms. The van der Waals surface area contributed by atoms with Crippen LogP contribution < -0.4 is 22.8 Å². The van der Waals surface area contributed by atoms with Crippen LogP contribution >= 0.6 is 0 Å². The molecule has 0 fully saturated rings. The SMILES string of the molecule is Cc1c(N=C(N)N=C(N)N)c(=O)n(-c2ccccc2)n1C.O=[N+]([O-])c1cc([N+](=O)[O-])c(O)c([N+](=O)[O-])c1. The van der Waals surface area contributed by atoms with Crippen LogP contribution in [0.15, 0.2) is 57.2 Å². The Bertz CT molecular complexity index is 1450. The monoisotopic (exact) mass is 516 g/mol. The Hall–Kier alpha value is -5.81. The predicted octanol–water partition coefficient (Wildman–Crippen LogP) is 0.821. The third kappa shape index (κ3) is 6.20. The summed E-state index contributed by atoms with van der Waals surface area (Å²) >= 11 is 0. The fraction of sp³-hybridized carbons (Fsp3) is 0.105. The lowest BCUT2D eigenvalue weighted by molar-refractivity contribution is -0.404. The maximum atomic E-state index is 12.5. The minimum atomic E-state index is -1.21. The zero-order valence-corrected chi connectivity index (χ0v) is 19.2. The normalized spacial score (nSPS) is 10.7. The van der Waals surface area contributed by atoms with E-state index >= 15 is 0 Å². The van der Waals surface area contributed by atoms with Gasteiger partial charge in [-0.2, -0.15) is 4.99 Å². The van der Waals surface area contributed by atoms with Crippen LogP contribution in [0.5, 0.6) is 5.75 Å². The standard InChI is InChI=1S/C13H17N7O.C6H3N3O7/c1-8-10(17-13(16)18-12(14)15)11(21)20(19(8)2)9-6-4-3-5-7-9;10-6-4(8(13)14)1-3(7(11)12)2-5(6)9(15)16/h3-7H,1-2H3,(H6,14,15,16,17,18);1-2,10H. The number of nitrogens with two attached hydrogens (primary N) is 3. The van der Waals surface area contributed by atoms with E-state index in [0.717, 1.165) is 5.69 Å². The van der Waals surface area contributed by atoms with Crippen molar-refractivity contribution in [3.05, 3.63) is 88.9 Å². The van der Waals surface area contributed by atoms with Gasteiger partial charge in [0.2, 0.25) is 5.96 Å². The summed E-state index contributed by atoms with van der Waals surface area (Å²) in [5.74, 6) is -1.59. The van der Waals surface area contributed by atoms with Gasteiger partial charge < -0.3 is 22.3 Å². The highest BCUT2D eigenvalue weighted by Gasteiger charge is 2.30. The lowest BCUT2D eigenvalue weighted by Gasteiger charge is -2.07. The molecule has 0 radical (unpaired) electrons. The number of nitro groups is 3. The number of guanidine groups is 2. The first-order valence-corrected chi connectivity index (χ1v) is 9.84. The van der Waals surface area contributed by atoms with E-state index < -0.39 is 37.6 Å². The van der Waals surface area contributed by atoms with Gasteiger partial charge in [-0.25, -0.2) is 9.67 Å². The van der Waals surface area contributed by atoms with Gasteiger partial charge in [0.05, 0.1) is 38.3 Å². The summed E-state index contributed by atoms with van der Waals surface area (Å²) in [5, 5.41) is 40.2. The van der Waals surface area contributed by atoms with Gasteiger partial charge in [0, 0.05) is 7.05 Å². The summed E-state index contributed by atoms with van der Waals surface area (Å²) < 4.78 is 3.19. The minimum absolute atomic E-state index is 0.166. The van der Waals surface area contributed by atoms with Crippen LogP contribution in [0, 0.1) is 37.3 Å². The number of rotatable bonds is 5. The number of phenolic OH excluding ortho intramolecular Hbond substituents is 1. The number of phenols is 1. The Morgan fingerprint density at radius 3 is 1.89 bits per heavy atom. The van der Waals surface area contributed by atoms with Gasteiger partial charge in [0.15, 0.2) is 11.6 Å². The molecule has 0 saturated carbocycles. The van der Waals surface area contributed by atoms with Crippen molar-refractivity contribution in [3.8, 4) is 11.4 Å². The number of para-hydroxylation sites is 1. The Labute approximate surface area is 206 Å². The van der Waals surface area contributed by atoms with E-state index in [1.165, 1.54) is 4.68 Å². The van der Waals surface area contributed by atoms with Crippen molar-refractivity contribution in [1.82, 2.24) is 9.36 Å². The molecule has 1 heterocycles. The van der Waals surface area contributed by atoms with Gasteiger partial charge in [-0.05, 0) is 19.1 Å². The molecule has 0 spiro atoms. The van der Waals surface area contributed by atoms with Gasteiger partial charge in [-0.3, -0.25) is 39.8 Å². The van der Waals surface area contributed by atoms with Crippen LogP contribution in [-0.2, 0) is 7.05 Å². The van der Waals surface area contributed by atoms with Crippen molar-refractivity contribution in [2.45, 2.75) is 6.92 Å². The van der Waals surface area contributed by atoms with Crippen LogP contribution in [-0.4, -0.2) is 41.2 Å². The van der Waals surface area contributed by atoms with Crippen molar-refractivity contribution in [3.63, 3.8) is 0 Å². The molecule has 194 valence electrons. The van der Waals surface area contributed by atoms with Gasteiger partial charge in [-0.1, -0.05) is 18.2 Å². The van der Waals surface area contributed by atoms with E-state index in [-0.39, 0.29) is 23.2 Å². The highest BCUT2D eigenvalue weighted by molar-refractivity contribution is 5.93. The summed E-state index contributed by atoms with van der Waals surface area (Å²) in [6.07, 6.45) is 0. The van der Waals surface area contributed by atoms with E-state index in [1.807, 2.05) is 30.3 Å². The van der Waals surface area contributed by atoms with Crippen molar-refractivity contribution >= 4 is 34.7 Å². The van der Waals surface area contributed by atoms with Crippen LogP contribution in [0.1, 0.15) is 5.69 Å². The molecule has 0 aliphatic heterocycles. The van der Waals surface area contributed by atoms with Crippen molar-refractivity contribution in [2.24, 2.45) is 34.2 Å². The van der Waals surface area contributed by atoms with Crippen molar-refractivity contribution in [1.29, 1.82) is 0 Å². The lowest BCUT2D eigenvalue weighted by Crippen LogP contribution is -2.26. The molecule has 3 aromatic rings. The average molecular weight is 516 g/mol. The van der Waals surface area contributed by atoms with Crippen LogP contribution in [0.4, 0.5) is 22.7 Å². The molecule has 0 unspecified atom stereocenters. The molecule has 0 aliphatic rings. The molecule has 18 heteroatoms. The molecule has 18 nitrogen and oxygen atoms in total. The highest BCUT2D eigenvalue weighted by atomic mass is 16.6. The number of hydrogen-bond donors (Lipinski definition) is 4. The molecule has 37 heavy (non-hydrogen) atoms. The second kappa shape index (κ2) is 11.1. The molecular formula is C19H20N10O8. The zero-order valence-electron chi connectivity index (χ0n) is 19.2. The summed E-state index contributed by atoms with van der Waals surface area (Å²) in [4.78, 5) is 47.9. The maximum absolute atomic E-state index is 12.5. The van der Waals surface area contributed by atoms with Gasteiger partial charge in [0.1, 0.15) is 0 Å². The van der Waals surface area contributed by atoms with E-state index in [9.17, 15) is 35.1 Å². The van der Waals surface area contributed by atoms with Gasteiger partial charge in [0.25, 0.3) is 17.0 Å². The summed E-state index contributed by atoms with van der Waals surface area (Å²) in [6.45, 7) is 1.77. The molecule has 3 rings (SSSR count). The van der Waals surface area contributed by atoms with Crippen molar-refractivity contribution in [2.75, 3.05) is 0 Å². The maximum Gasteiger partial charge on any atom is 0.324 e. The molecule has 0 saturated heterocycles. The second-order valence-electron chi connectivity index (χ2n) is 7.02. The number of aromatic nitrogens is 2. The second-order valence-corrected chi connectivity index (χ2v) is 7.02. The number of non-ortho nitro benzene ring substituents is 1. The average Bonchev–Trinajstić information content (AvgIpc) is 3.02. The number of nitrogens with zero attached hydrogens (tertiary/aromatic N) is 7. The number of aromatic hydroxyl groups is 1. The van der Waals surface area contributed by atoms with Gasteiger partial charge in [-0.15, -0.1) is 0 Å². The molecule has 2 aromatic carbocycles. The first-order valence-electron chi connectivity index (χ1n) is 9.84. The number of nitro benzene ring substituents is 3. The lowest BCUT2D eigenvalue weighted by atomic mass is 10.2. The van der Waals surface area contributed by atoms with Crippen molar-refractivity contribution < 1.29 is 19.9 Å². The number of benzene rings is 2. The Morgan fingerprint density at radius 2 is 1.46 bits per heavy atom. The van der Waals surface area contributed by atoms with Crippen LogP contribution in [0.2, 0.25) is 0 Å². The van der Waals surface area contributed by atoms with Crippen LogP contribution in [0.3, 0.4) is 0 Å². The Morgan fingerprint density at radius 1 is 0.946 bits per heavy atom. The molecule has 0 aliphatic carbocycles. The fourth-order valence-corrected chi connectivity index (χ4v) is 2.93. The highest BCUT2D eigenvalue weighted by Crippen LogP contribution is 2.38. The molecule has 7 N–H and O–H groups in total. The number of aliphatic imine (C=N–C) groups is 2. The smallest absolute Gasteiger partial charge is 0.324 e. The molecule has 0 amide bonds. The first-order chi connectivity index (χ1) is 17.3. The van der Waals surface area contributed by atoms with E-state index in [1.54, 1.807) is 18.7 Å². The molecule has 1 aromatic heterocycles. The third-order valence-electron chi connectivity index (χ3n) is 4.65. The van der Waals surface area contributed by atoms with E-state index in [4.69, 9.17) is 22.3 Å². The zero-order chi connectivity index (χ0) is 28.0. The number of hydrogen-bond acceptors (Lipinski definition) is 9. The summed E-state index contributed by atoms with van der Waals surface area (Å²) in [7, 11) is 1.76. The first kappa shape index (κ1) is 27.4. The van der Waals surface area contributed by atoms with E-state index in [0.29, 0.717) is 17.8 Å². The quantitative estimate of drug-likeness (QED) is 0.159. The summed E-state index contributed by atoms with van der Waals surface area (Å²) in [5.41, 5.74) is 14.3. The Kier molecular flexibility index (Phi) is 8.21. The van der Waals surface area contributed by atoms with Crippen LogP contribution in [0.25, 0.3) is 5.69 Å².